The Balaban J connectivity index is 2.06. The second-order valence-electron chi connectivity index (χ2n) is 6.19. The van der Waals surface area contributed by atoms with E-state index in [2.05, 4.69) is 0 Å². The van der Waals surface area contributed by atoms with Crippen molar-refractivity contribution in [2.24, 2.45) is 0 Å². The maximum atomic E-state index is 12.2. The zero-order chi connectivity index (χ0) is 20.2. The molecular weight excluding hydrogens is 384 g/mol. The average Bonchev–Trinajstić information content (AvgIpc) is 2.65. The molecule has 0 aromatic heterocycles. The Hall–Kier alpha value is -1.15. The second-order valence-corrected chi connectivity index (χ2v) is 7.80. The number of aryl methyl sites for hydroxylation is 1. The van der Waals surface area contributed by atoms with Crippen molar-refractivity contribution in [2.75, 3.05) is 19.8 Å². The van der Waals surface area contributed by atoms with Gasteiger partial charge in [0.05, 0.1) is 24.7 Å². The van der Waals surface area contributed by atoms with Gasteiger partial charge in [-0.25, -0.2) is 0 Å². The first-order valence-electron chi connectivity index (χ1n) is 8.22. The monoisotopic (exact) mass is 408 g/mol. The smallest absolute Gasteiger partial charge is 0.297 e. The Morgan fingerprint density at radius 1 is 1.04 bits per heavy atom. The highest BCUT2D eigenvalue weighted by atomic mass is 32.2. The normalized spacial score (nSPS) is 29.2. The number of aliphatic hydroxyl groups is 5. The largest absolute Gasteiger partial charge is 0.394 e. The van der Waals surface area contributed by atoms with Crippen LogP contribution in [0, 0.1) is 6.92 Å². The Labute approximate surface area is 156 Å². The van der Waals surface area contributed by atoms with Gasteiger partial charge in [-0.15, -0.1) is 0 Å². The molecule has 27 heavy (non-hydrogen) atoms. The molecule has 0 unspecified atom stereocenters. The number of aliphatic hydroxyl groups excluding tert-OH is 5. The van der Waals surface area contributed by atoms with E-state index in [-0.39, 0.29) is 4.90 Å². The quantitative estimate of drug-likeness (QED) is 0.300. The first-order chi connectivity index (χ1) is 12.7. The molecule has 5 N–H and O–H groups in total. The van der Waals surface area contributed by atoms with Gasteiger partial charge in [0.25, 0.3) is 10.1 Å². The van der Waals surface area contributed by atoms with E-state index < -0.39 is 66.7 Å². The molecule has 1 aliphatic heterocycles. The van der Waals surface area contributed by atoms with E-state index in [1.54, 1.807) is 19.1 Å². The van der Waals surface area contributed by atoms with Gasteiger partial charge in [-0.2, -0.15) is 8.42 Å². The Morgan fingerprint density at radius 3 is 2.19 bits per heavy atom. The molecule has 0 amide bonds. The molecule has 0 spiro atoms. The van der Waals surface area contributed by atoms with Crippen LogP contribution >= 0.6 is 0 Å². The lowest BCUT2D eigenvalue weighted by molar-refractivity contribution is -0.313. The summed E-state index contributed by atoms with van der Waals surface area (Å²) in [4.78, 5) is -0.0904. The third-order valence-corrected chi connectivity index (χ3v) is 5.40. The van der Waals surface area contributed by atoms with Gasteiger partial charge in [-0.1, -0.05) is 17.7 Å². The SMILES string of the molecule is Cc1ccc(S(=O)(=O)OC[C@H]2O[C@@H](OC(CO)CO)[C@H](O)[C@@H](O)[C@@H]2O)cc1. The number of hydrogen-bond acceptors (Lipinski definition) is 10. The second kappa shape index (κ2) is 9.37. The highest BCUT2D eigenvalue weighted by Crippen LogP contribution is 2.24. The van der Waals surface area contributed by atoms with Crippen molar-refractivity contribution < 1.29 is 47.6 Å². The highest BCUT2D eigenvalue weighted by molar-refractivity contribution is 7.86. The summed E-state index contributed by atoms with van der Waals surface area (Å²) in [7, 11) is -4.14. The van der Waals surface area contributed by atoms with Gasteiger partial charge in [0.2, 0.25) is 0 Å². The third kappa shape index (κ3) is 5.44. The maximum Gasteiger partial charge on any atom is 0.297 e. The van der Waals surface area contributed by atoms with Gasteiger partial charge in [-0.05, 0) is 19.1 Å². The van der Waals surface area contributed by atoms with Gasteiger partial charge in [-0.3, -0.25) is 4.18 Å². The summed E-state index contributed by atoms with van der Waals surface area (Å²) in [6, 6.07) is 5.91. The molecule has 1 heterocycles. The van der Waals surface area contributed by atoms with Crippen LogP contribution in [-0.4, -0.2) is 90.6 Å². The lowest BCUT2D eigenvalue weighted by Gasteiger charge is -2.40. The van der Waals surface area contributed by atoms with E-state index in [9.17, 15) is 23.7 Å². The minimum absolute atomic E-state index is 0.0904. The Morgan fingerprint density at radius 2 is 1.63 bits per heavy atom. The van der Waals surface area contributed by atoms with Crippen LogP contribution in [0.5, 0.6) is 0 Å². The van der Waals surface area contributed by atoms with E-state index in [1.165, 1.54) is 12.1 Å². The summed E-state index contributed by atoms with van der Waals surface area (Å²) in [5.74, 6) is 0. The number of ether oxygens (including phenoxy) is 2. The van der Waals surface area contributed by atoms with E-state index >= 15 is 0 Å². The molecular formula is C16H24O10S. The van der Waals surface area contributed by atoms with Gasteiger partial charge in [0, 0.05) is 0 Å². The molecule has 5 atom stereocenters. The Bertz CT molecular complexity index is 688. The summed E-state index contributed by atoms with van der Waals surface area (Å²) in [5, 5.41) is 47.9. The van der Waals surface area contributed by atoms with Crippen molar-refractivity contribution in [3.05, 3.63) is 29.8 Å². The molecule has 2 rings (SSSR count). The van der Waals surface area contributed by atoms with Crippen LogP contribution in [0.4, 0.5) is 0 Å². The van der Waals surface area contributed by atoms with Crippen LogP contribution in [-0.2, 0) is 23.8 Å². The predicted molar refractivity (Wildman–Crippen MR) is 90.0 cm³/mol. The molecule has 0 aliphatic carbocycles. The average molecular weight is 408 g/mol. The summed E-state index contributed by atoms with van der Waals surface area (Å²) < 4.78 is 39.7. The van der Waals surface area contributed by atoms with Crippen LogP contribution < -0.4 is 0 Å². The molecule has 1 aromatic carbocycles. The van der Waals surface area contributed by atoms with Crippen molar-refractivity contribution in [2.45, 2.75) is 48.6 Å². The van der Waals surface area contributed by atoms with Gasteiger partial charge in [0.1, 0.15) is 30.5 Å². The van der Waals surface area contributed by atoms with E-state index in [4.69, 9.17) is 23.9 Å². The lowest BCUT2D eigenvalue weighted by atomic mass is 9.99. The number of benzene rings is 1. The van der Waals surface area contributed by atoms with E-state index in [0.29, 0.717) is 0 Å². The first-order valence-corrected chi connectivity index (χ1v) is 9.63. The van der Waals surface area contributed by atoms with Crippen molar-refractivity contribution in [3.8, 4) is 0 Å². The van der Waals surface area contributed by atoms with Gasteiger partial charge >= 0.3 is 0 Å². The standard InChI is InChI=1S/C16H24O10S/c1-9-2-4-11(5-3-9)27(22,23)24-8-12-13(19)14(20)15(21)16(26-12)25-10(6-17)7-18/h2-5,10,12-21H,6-8H2,1H3/t12-,13-,14+,15-,16-/m1/s1. The molecule has 1 aromatic rings. The van der Waals surface area contributed by atoms with E-state index in [1.807, 2.05) is 0 Å². The summed E-state index contributed by atoms with van der Waals surface area (Å²) in [6.45, 7) is -0.0122. The molecule has 0 bridgehead atoms. The molecule has 154 valence electrons. The first kappa shape index (κ1) is 22.1. The molecule has 10 nitrogen and oxygen atoms in total. The topological polar surface area (TPSA) is 163 Å². The maximum absolute atomic E-state index is 12.2. The Kier molecular flexibility index (Phi) is 7.68. The summed E-state index contributed by atoms with van der Waals surface area (Å²) in [5.41, 5.74) is 0.861. The van der Waals surface area contributed by atoms with Crippen LogP contribution in [0.25, 0.3) is 0 Å². The third-order valence-electron chi connectivity index (χ3n) is 4.10. The van der Waals surface area contributed by atoms with Crippen molar-refractivity contribution in [1.29, 1.82) is 0 Å². The van der Waals surface area contributed by atoms with Crippen LogP contribution in [0.3, 0.4) is 0 Å². The minimum Gasteiger partial charge on any atom is -0.394 e. The molecule has 1 fully saturated rings. The molecule has 1 aliphatic rings. The fourth-order valence-corrected chi connectivity index (χ4v) is 3.35. The van der Waals surface area contributed by atoms with Gasteiger partial charge in [0.15, 0.2) is 6.29 Å². The molecule has 0 saturated carbocycles. The van der Waals surface area contributed by atoms with Gasteiger partial charge < -0.3 is 35.0 Å². The predicted octanol–water partition coefficient (Wildman–Crippen LogP) is -2.12. The summed E-state index contributed by atoms with van der Waals surface area (Å²) in [6.07, 6.45) is -8.97. The van der Waals surface area contributed by atoms with Crippen LogP contribution in [0.2, 0.25) is 0 Å². The molecule has 0 radical (unpaired) electrons. The lowest BCUT2D eigenvalue weighted by Crippen LogP contribution is -2.60. The minimum atomic E-state index is -4.14. The molecule has 1 saturated heterocycles. The molecule has 11 heteroatoms. The number of hydrogen-bond donors (Lipinski definition) is 5. The summed E-state index contributed by atoms with van der Waals surface area (Å²) >= 11 is 0. The van der Waals surface area contributed by atoms with Crippen molar-refractivity contribution >= 4 is 10.1 Å². The van der Waals surface area contributed by atoms with E-state index in [0.717, 1.165) is 5.56 Å². The van der Waals surface area contributed by atoms with Crippen molar-refractivity contribution in [1.82, 2.24) is 0 Å². The van der Waals surface area contributed by atoms with Crippen LogP contribution in [0.1, 0.15) is 5.56 Å². The van der Waals surface area contributed by atoms with Crippen molar-refractivity contribution in [3.63, 3.8) is 0 Å². The van der Waals surface area contributed by atoms with Crippen LogP contribution in [0.15, 0.2) is 29.2 Å². The highest BCUT2D eigenvalue weighted by Gasteiger charge is 2.45. The zero-order valence-corrected chi connectivity index (χ0v) is 15.4. The number of rotatable bonds is 8. The fraction of sp³-hybridized carbons (Fsp3) is 0.625. The fourth-order valence-electron chi connectivity index (χ4n) is 2.43. The zero-order valence-electron chi connectivity index (χ0n) is 14.6.